The van der Waals surface area contributed by atoms with Crippen molar-refractivity contribution < 1.29 is 9.59 Å². The number of nitrogens with two attached hydrogens (primary N) is 2. The molecule has 0 radical (unpaired) electrons. The zero-order valence-electron chi connectivity index (χ0n) is 9.50. The van der Waals surface area contributed by atoms with E-state index < -0.39 is 17.7 Å². The lowest BCUT2D eigenvalue weighted by Gasteiger charge is -2.07. The van der Waals surface area contributed by atoms with Crippen molar-refractivity contribution in [3.8, 4) is 0 Å². The van der Waals surface area contributed by atoms with Crippen molar-refractivity contribution in [2.75, 3.05) is 0 Å². The molecule has 0 spiro atoms. The molecule has 1 aromatic carbocycles. The number of carbonyl (C=O) groups is 2. The zero-order chi connectivity index (χ0) is 12.7. The highest BCUT2D eigenvalue weighted by atomic mass is 16.2. The van der Waals surface area contributed by atoms with Crippen LogP contribution in [0, 0.1) is 5.92 Å². The standard InChI is InChI=1S/C13H16N2O2/c14-12(16)9-11(13(15)17)8-4-7-10-5-2-1-3-6-10/h1-7,11H,8-9H2,(H2,14,16)(H2,15,17)/b7-4+. The number of allylic oxidation sites excluding steroid dienone is 1. The van der Waals surface area contributed by atoms with Crippen LogP contribution in [0.25, 0.3) is 6.08 Å². The van der Waals surface area contributed by atoms with Crippen molar-refractivity contribution in [3.05, 3.63) is 42.0 Å². The molecule has 0 aliphatic heterocycles. The smallest absolute Gasteiger partial charge is 0.221 e. The summed E-state index contributed by atoms with van der Waals surface area (Å²) in [5.74, 6) is -1.53. The van der Waals surface area contributed by atoms with Crippen LogP contribution in [-0.4, -0.2) is 11.8 Å². The molecule has 0 saturated heterocycles. The van der Waals surface area contributed by atoms with Crippen molar-refractivity contribution in [1.29, 1.82) is 0 Å². The minimum atomic E-state index is -0.521. The van der Waals surface area contributed by atoms with Gasteiger partial charge in [0.1, 0.15) is 0 Å². The number of benzene rings is 1. The maximum atomic E-state index is 11.1. The van der Waals surface area contributed by atoms with E-state index in [0.717, 1.165) is 5.56 Å². The van der Waals surface area contributed by atoms with E-state index in [9.17, 15) is 9.59 Å². The molecule has 1 rings (SSSR count). The minimum absolute atomic E-state index is 0.00549. The monoisotopic (exact) mass is 232 g/mol. The second-order valence-corrected chi connectivity index (χ2v) is 3.82. The van der Waals surface area contributed by atoms with Crippen LogP contribution in [0.3, 0.4) is 0 Å². The zero-order valence-corrected chi connectivity index (χ0v) is 9.50. The Labute approximate surface area is 100 Å². The van der Waals surface area contributed by atoms with Crippen molar-refractivity contribution in [3.63, 3.8) is 0 Å². The average Bonchev–Trinajstić information content (AvgIpc) is 2.28. The lowest BCUT2D eigenvalue weighted by molar-refractivity contribution is -0.126. The van der Waals surface area contributed by atoms with Crippen LogP contribution in [-0.2, 0) is 9.59 Å². The lowest BCUT2D eigenvalue weighted by Crippen LogP contribution is -2.27. The molecule has 2 amide bonds. The van der Waals surface area contributed by atoms with Gasteiger partial charge in [-0.25, -0.2) is 0 Å². The summed E-state index contributed by atoms with van der Waals surface area (Å²) in [7, 11) is 0. The van der Waals surface area contributed by atoms with Gasteiger partial charge in [0.05, 0.1) is 0 Å². The van der Waals surface area contributed by atoms with Crippen molar-refractivity contribution in [1.82, 2.24) is 0 Å². The number of hydrogen-bond donors (Lipinski definition) is 2. The van der Waals surface area contributed by atoms with Gasteiger partial charge in [-0.3, -0.25) is 9.59 Å². The molecule has 90 valence electrons. The van der Waals surface area contributed by atoms with Gasteiger partial charge in [0.2, 0.25) is 11.8 Å². The SMILES string of the molecule is NC(=O)CC(C/C=C/c1ccccc1)C(N)=O. The second kappa shape index (κ2) is 6.48. The van der Waals surface area contributed by atoms with Crippen molar-refractivity contribution in [2.24, 2.45) is 17.4 Å². The lowest BCUT2D eigenvalue weighted by atomic mass is 9.99. The number of rotatable bonds is 6. The number of amides is 2. The van der Waals surface area contributed by atoms with E-state index in [0.29, 0.717) is 6.42 Å². The van der Waals surface area contributed by atoms with Gasteiger partial charge in [-0.05, 0) is 12.0 Å². The van der Waals surface area contributed by atoms with Crippen LogP contribution in [0.5, 0.6) is 0 Å². The van der Waals surface area contributed by atoms with E-state index in [4.69, 9.17) is 11.5 Å². The summed E-state index contributed by atoms with van der Waals surface area (Å²) in [5, 5.41) is 0. The van der Waals surface area contributed by atoms with E-state index >= 15 is 0 Å². The summed E-state index contributed by atoms with van der Waals surface area (Å²) < 4.78 is 0. The Balaban J connectivity index is 2.55. The van der Waals surface area contributed by atoms with E-state index in [2.05, 4.69) is 0 Å². The molecule has 1 unspecified atom stereocenters. The van der Waals surface area contributed by atoms with E-state index in [1.54, 1.807) is 0 Å². The first-order valence-corrected chi connectivity index (χ1v) is 5.39. The number of carbonyl (C=O) groups excluding carboxylic acids is 2. The highest BCUT2D eigenvalue weighted by molar-refractivity contribution is 5.84. The third-order valence-corrected chi connectivity index (χ3v) is 2.38. The van der Waals surface area contributed by atoms with Crippen LogP contribution >= 0.6 is 0 Å². The first-order valence-electron chi connectivity index (χ1n) is 5.39. The van der Waals surface area contributed by atoms with Gasteiger partial charge in [0, 0.05) is 12.3 Å². The number of primary amides is 2. The van der Waals surface area contributed by atoms with Gasteiger partial charge < -0.3 is 11.5 Å². The Morgan fingerprint density at radius 1 is 1.18 bits per heavy atom. The summed E-state index contributed by atoms with van der Waals surface area (Å²) in [6.45, 7) is 0. The average molecular weight is 232 g/mol. The highest BCUT2D eigenvalue weighted by Crippen LogP contribution is 2.10. The van der Waals surface area contributed by atoms with Gasteiger partial charge in [-0.15, -0.1) is 0 Å². The van der Waals surface area contributed by atoms with Crippen LogP contribution in [0.1, 0.15) is 18.4 Å². The molecule has 1 aromatic rings. The van der Waals surface area contributed by atoms with Crippen LogP contribution in [0.2, 0.25) is 0 Å². The second-order valence-electron chi connectivity index (χ2n) is 3.82. The van der Waals surface area contributed by atoms with Crippen LogP contribution in [0.4, 0.5) is 0 Å². The Hall–Kier alpha value is -2.10. The molecule has 1 atom stereocenters. The maximum absolute atomic E-state index is 11.1. The first kappa shape index (κ1) is 13.0. The summed E-state index contributed by atoms with van der Waals surface area (Å²) in [5.41, 5.74) is 11.3. The predicted molar refractivity (Wildman–Crippen MR) is 66.6 cm³/mol. The molecule has 0 fully saturated rings. The quantitative estimate of drug-likeness (QED) is 0.768. The molecule has 4 nitrogen and oxygen atoms in total. The highest BCUT2D eigenvalue weighted by Gasteiger charge is 2.15. The van der Waals surface area contributed by atoms with Gasteiger partial charge in [-0.2, -0.15) is 0 Å². The fourth-order valence-corrected chi connectivity index (χ4v) is 1.48. The fourth-order valence-electron chi connectivity index (χ4n) is 1.48. The number of hydrogen-bond acceptors (Lipinski definition) is 2. The Bertz CT molecular complexity index is 413. The third kappa shape index (κ3) is 4.97. The van der Waals surface area contributed by atoms with Gasteiger partial charge in [-0.1, -0.05) is 42.5 Å². The topological polar surface area (TPSA) is 86.2 Å². The van der Waals surface area contributed by atoms with Gasteiger partial charge in [0.15, 0.2) is 0 Å². The van der Waals surface area contributed by atoms with Gasteiger partial charge in [0.25, 0.3) is 0 Å². The Morgan fingerprint density at radius 3 is 2.35 bits per heavy atom. The summed E-state index contributed by atoms with van der Waals surface area (Å²) in [6.07, 6.45) is 4.13. The Kier molecular flexibility index (Phi) is 4.94. The first-order chi connectivity index (χ1) is 8.09. The summed E-state index contributed by atoms with van der Waals surface area (Å²) in [6, 6.07) is 9.67. The molecule has 4 heteroatoms. The molecular formula is C13H16N2O2. The van der Waals surface area contributed by atoms with Crippen molar-refractivity contribution >= 4 is 17.9 Å². The van der Waals surface area contributed by atoms with Crippen LogP contribution in [0.15, 0.2) is 36.4 Å². The molecule has 0 aromatic heterocycles. The van der Waals surface area contributed by atoms with E-state index in [-0.39, 0.29) is 6.42 Å². The predicted octanol–water partition coefficient (Wildman–Crippen LogP) is 1.07. The van der Waals surface area contributed by atoms with E-state index in [1.807, 2.05) is 42.5 Å². The maximum Gasteiger partial charge on any atom is 0.221 e. The molecular weight excluding hydrogens is 216 g/mol. The van der Waals surface area contributed by atoms with Crippen LogP contribution < -0.4 is 11.5 Å². The molecule has 17 heavy (non-hydrogen) atoms. The van der Waals surface area contributed by atoms with Crippen molar-refractivity contribution in [2.45, 2.75) is 12.8 Å². The molecule has 0 bridgehead atoms. The molecule has 4 N–H and O–H groups in total. The third-order valence-electron chi connectivity index (χ3n) is 2.38. The van der Waals surface area contributed by atoms with Gasteiger partial charge >= 0.3 is 0 Å². The molecule has 0 heterocycles. The molecule has 0 aliphatic carbocycles. The minimum Gasteiger partial charge on any atom is -0.370 e. The largest absolute Gasteiger partial charge is 0.370 e. The Morgan fingerprint density at radius 2 is 1.82 bits per heavy atom. The fraction of sp³-hybridized carbons (Fsp3) is 0.231. The summed E-state index contributed by atoms with van der Waals surface area (Å²) in [4.78, 5) is 21.8. The summed E-state index contributed by atoms with van der Waals surface area (Å²) >= 11 is 0. The normalized spacial score (nSPS) is 12.5. The molecule has 0 aliphatic rings. The van der Waals surface area contributed by atoms with E-state index in [1.165, 1.54) is 0 Å². The molecule has 0 saturated carbocycles.